The predicted molar refractivity (Wildman–Crippen MR) is 189 cm³/mol. The molecule has 0 amide bonds. The van der Waals surface area contributed by atoms with Gasteiger partial charge in [0.2, 0.25) is 0 Å². The second kappa shape index (κ2) is 10.5. The molecule has 3 heterocycles. The SMILES string of the molecule is c1ccc(-c2cc(-c3ccccc3)nc(-c3cccc4c3nc(-c3ccccc3)c3ccc5sc6ccccc6c5c34)n2)cc1. The predicted octanol–water partition coefficient (Wildman–Crippen LogP) is 11.2. The lowest BCUT2D eigenvalue weighted by molar-refractivity contribution is 1.18. The van der Waals surface area contributed by atoms with Crippen molar-refractivity contribution in [1.29, 1.82) is 0 Å². The zero-order valence-corrected chi connectivity index (χ0v) is 25.0. The van der Waals surface area contributed by atoms with Gasteiger partial charge in [0.1, 0.15) is 0 Å². The maximum Gasteiger partial charge on any atom is 0.162 e. The molecule has 210 valence electrons. The Balaban J connectivity index is 1.42. The van der Waals surface area contributed by atoms with E-state index in [1.54, 1.807) is 0 Å². The van der Waals surface area contributed by atoms with Crippen LogP contribution in [0.1, 0.15) is 0 Å². The molecule has 9 aromatic rings. The van der Waals surface area contributed by atoms with Gasteiger partial charge in [-0.3, -0.25) is 0 Å². The minimum Gasteiger partial charge on any atom is -0.246 e. The highest BCUT2D eigenvalue weighted by Crippen LogP contribution is 2.44. The maximum atomic E-state index is 5.45. The zero-order chi connectivity index (χ0) is 29.7. The van der Waals surface area contributed by atoms with E-state index in [1.165, 1.54) is 25.6 Å². The monoisotopic (exact) mass is 591 g/mol. The number of rotatable bonds is 4. The summed E-state index contributed by atoms with van der Waals surface area (Å²) in [6, 6.07) is 52.9. The van der Waals surface area contributed by atoms with Crippen molar-refractivity contribution in [2.24, 2.45) is 0 Å². The molecule has 0 radical (unpaired) electrons. The Kier molecular flexibility index (Phi) is 6.00. The smallest absolute Gasteiger partial charge is 0.162 e. The molecule has 0 fully saturated rings. The molecule has 0 atom stereocenters. The van der Waals surface area contributed by atoms with Gasteiger partial charge >= 0.3 is 0 Å². The largest absolute Gasteiger partial charge is 0.246 e. The average molecular weight is 592 g/mol. The van der Waals surface area contributed by atoms with Crippen LogP contribution in [0.15, 0.2) is 152 Å². The Morgan fingerprint density at radius 2 is 1.00 bits per heavy atom. The van der Waals surface area contributed by atoms with Crippen molar-refractivity contribution >= 4 is 53.2 Å². The standard InChI is InChI=1S/C41H25N3S/c1-4-13-26(14-5-1)33-25-34(27-15-6-2-7-16-27)43-41(42-33)32-21-12-20-30-37-31(39(44-40(30)32)28-17-8-3-9-18-28)23-24-36-38(37)29-19-10-11-22-35(29)45-36/h1-25H. The van der Waals surface area contributed by atoms with Gasteiger partial charge in [-0.25, -0.2) is 15.0 Å². The van der Waals surface area contributed by atoms with Gasteiger partial charge < -0.3 is 0 Å². The van der Waals surface area contributed by atoms with Crippen LogP contribution in [-0.2, 0) is 0 Å². The number of fused-ring (bicyclic) bond motifs is 7. The summed E-state index contributed by atoms with van der Waals surface area (Å²) in [4.78, 5) is 15.8. The van der Waals surface area contributed by atoms with Gasteiger partial charge in [0.15, 0.2) is 5.82 Å². The first-order valence-electron chi connectivity index (χ1n) is 15.0. The number of thiophene rings is 1. The van der Waals surface area contributed by atoms with Crippen LogP contribution in [-0.4, -0.2) is 15.0 Å². The number of para-hydroxylation sites is 1. The second-order valence-corrected chi connectivity index (χ2v) is 12.3. The van der Waals surface area contributed by atoms with Gasteiger partial charge in [-0.05, 0) is 24.3 Å². The number of hydrogen-bond donors (Lipinski definition) is 0. The summed E-state index contributed by atoms with van der Waals surface area (Å²) in [6.45, 7) is 0. The third kappa shape index (κ3) is 4.30. The van der Waals surface area contributed by atoms with E-state index in [9.17, 15) is 0 Å². The van der Waals surface area contributed by atoms with Crippen LogP contribution in [0.5, 0.6) is 0 Å². The highest BCUT2D eigenvalue weighted by molar-refractivity contribution is 7.26. The fourth-order valence-electron chi connectivity index (χ4n) is 6.41. The quantitative estimate of drug-likeness (QED) is 0.191. The van der Waals surface area contributed by atoms with Crippen LogP contribution in [0, 0.1) is 0 Å². The molecule has 0 aliphatic carbocycles. The number of pyridine rings is 1. The average Bonchev–Trinajstić information content (AvgIpc) is 3.51. The topological polar surface area (TPSA) is 38.7 Å². The summed E-state index contributed by atoms with van der Waals surface area (Å²) in [5, 5.41) is 6.02. The fraction of sp³-hybridized carbons (Fsp3) is 0. The lowest BCUT2D eigenvalue weighted by Gasteiger charge is -2.15. The molecule has 4 heteroatoms. The first-order chi connectivity index (χ1) is 22.3. The molecule has 0 aliphatic rings. The summed E-state index contributed by atoms with van der Waals surface area (Å²) in [6.07, 6.45) is 0. The first-order valence-corrected chi connectivity index (χ1v) is 15.9. The van der Waals surface area contributed by atoms with Crippen molar-refractivity contribution in [3.63, 3.8) is 0 Å². The summed E-state index contributed by atoms with van der Waals surface area (Å²) in [5.74, 6) is 0.661. The molecule has 0 aliphatic heterocycles. The Labute approximate surface area is 264 Å². The molecular formula is C41H25N3S. The van der Waals surface area contributed by atoms with Gasteiger partial charge in [0, 0.05) is 58.6 Å². The second-order valence-electron chi connectivity index (χ2n) is 11.2. The Morgan fingerprint density at radius 1 is 0.400 bits per heavy atom. The molecule has 0 unspecified atom stereocenters. The number of hydrogen-bond acceptors (Lipinski definition) is 4. The van der Waals surface area contributed by atoms with E-state index in [0.29, 0.717) is 5.82 Å². The summed E-state index contributed by atoms with van der Waals surface area (Å²) < 4.78 is 2.56. The molecule has 3 aromatic heterocycles. The molecule has 0 spiro atoms. The van der Waals surface area contributed by atoms with Gasteiger partial charge in [0.05, 0.1) is 22.6 Å². The molecule has 0 N–H and O–H groups in total. The van der Waals surface area contributed by atoms with Crippen molar-refractivity contribution in [2.45, 2.75) is 0 Å². The Bertz CT molecular complexity index is 2460. The van der Waals surface area contributed by atoms with Gasteiger partial charge in [-0.15, -0.1) is 11.3 Å². The third-order valence-electron chi connectivity index (χ3n) is 8.48. The van der Waals surface area contributed by atoms with E-state index in [-0.39, 0.29) is 0 Å². The molecule has 0 saturated heterocycles. The highest BCUT2D eigenvalue weighted by atomic mass is 32.1. The van der Waals surface area contributed by atoms with Gasteiger partial charge in [0.25, 0.3) is 0 Å². The highest BCUT2D eigenvalue weighted by Gasteiger charge is 2.20. The molecule has 6 aromatic carbocycles. The van der Waals surface area contributed by atoms with Crippen molar-refractivity contribution in [2.75, 3.05) is 0 Å². The van der Waals surface area contributed by atoms with Crippen LogP contribution in [0.25, 0.3) is 87.0 Å². The molecule has 45 heavy (non-hydrogen) atoms. The first kappa shape index (κ1) is 25.8. The van der Waals surface area contributed by atoms with Crippen molar-refractivity contribution < 1.29 is 0 Å². The maximum absolute atomic E-state index is 5.45. The Morgan fingerprint density at radius 3 is 1.69 bits per heavy atom. The number of nitrogens with zero attached hydrogens (tertiary/aromatic N) is 3. The van der Waals surface area contributed by atoms with E-state index >= 15 is 0 Å². The van der Waals surface area contributed by atoms with E-state index in [4.69, 9.17) is 15.0 Å². The number of benzene rings is 6. The molecule has 0 bridgehead atoms. The van der Waals surface area contributed by atoms with Gasteiger partial charge in [-0.1, -0.05) is 127 Å². The fourth-order valence-corrected chi connectivity index (χ4v) is 7.52. The summed E-state index contributed by atoms with van der Waals surface area (Å²) in [5.41, 5.74) is 7.72. The molecular weight excluding hydrogens is 567 g/mol. The minimum atomic E-state index is 0.661. The van der Waals surface area contributed by atoms with Crippen molar-refractivity contribution in [3.8, 4) is 45.2 Å². The van der Waals surface area contributed by atoms with Crippen LogP contribution in [0.4, 0.5) is 0 Å². The lowest BCUT2D eigenvalue weighted by atomic mass is 9.95. The van der Waals surface area contributed by atoms with Crippen LogP contribution >= 0.6 is 11.3 Å². The van der Waals surface area contributed by atoms with Gasteiger partial charge in [-0.2, -0.15) is 0 Å². The van der Waals surface area contributed by atoms with Crippen LogP contribution in [0.3, 0.4) is 0 Å². The Hall–Kier alpha value is -5.71. The van der Waals surface area contributed by atoms with E-state index < -0.39 is 0 Å². The minimum absolute atomic E-state index is 0.661. The summed E-state index contributed by atoms with van der Waals surface area (Å²) >= 11 is 1.84. The van der Waals surface area contributed by atoms with Crippen LogP contribution in [0.2, 0.25) is 0 Å². The number of aromatic nitrogens is 3. The zero-order valence-electron chi connectivity index (χ0n) is 24.2. The van der Waals surface area contributed by atoms with E-state index in [0.717, 1.165) is 55.6 Å². The normalized spacial score (nSPS) is 11.6. The van der Waals surface area contributed by atoms with Crippen LogP contribution < -0.4 is 0 Å². The molecule has 9 rings (SSSR count). The molecule has 0 saturated carbocycles. The van der Waals surface area contributed by atoms with Crippen molar-refractivity contribution in [1.82, 2.24) is 15.0 Å². The summed E-state index contributed by atoms with van der Waals surface area (Å²) in [7, 11) is 0. The third-order valence-corrected chi connectivity index (χ3v) is 9.62. The molecule has 3 nitrogen and oxygen atoms in total. The lowest BCUT2D eigenvalue weighted by Crippen LogP contribution is -1.98. The van der Waals surface area contributed by atoms with Crippen molar-refractivity contribution in [3.05, 3.63) is 152 Å². The van der Waals surface area contributed by atoms with E-state index in [2.05, 4.69) is 115 Å². The van der Waals surface area contributed by atoms with E-state index in [1.807, 2.05) is 47.7 Å².